The van der Waals surface area contributed by atoms with Gasteiger partial charge in [-0.25, -0.2) is 14.6 Å². The van der Waals surface area contributed by atoms with E-state index in [2.05, 4.69) is 53.3 Å². The Balaban J connectivity index is 0.000000493. The normalized spacial score (nSPS) is 14.9. The van der Waals surface area contributed by atoms with Gasteiger partial charge in [-0.1, -0.05) is 49.1 Å². The van der Waals surface area contributed by atoms with Gasteiger partial charge in [0.05, 0.1) is 15.9 Å². The standard InChI is InChI=1S/C27H28N4O2S.C2HF3O2/c1-2-15-33-27(32)31-14-13-20(18-31)17-28-16-19-7-9-21(10-8-19)24-11-12-25(34-24)26-29-22-5-3-4-6-23(22)30-26;3-2(4,5)1(6)7/h2-12,20,28H,1,13-18H2,(H,29,30);(H,6,7). The molecule has 1 saturated heterocycles. The highest BCUT2D eigenvalue weighted by Gasteiger charge is 2.38. The number of carboxylic acids is 1. The number of H-pyrrole nitrogens is 1. The van der Waals surface area contributed by atoms with Crippen LogP contribution in [0.2, 0.25) is 0 Å². The molecule has 3 N–H and O–H groups in total. The number of likely N-dealkylation sites (tertiary alicyclic amines) is 1. The summed E-state index contributed by atoms with van der Waals surface area (Å²) in [6.07, 6.45) is -2.73. The monoisotopic (exact) mass is 586 g/mol. The van der Waals surface area contributed by atoms with Crippen molar-refractivity contribution in [2.24, 2.45) is 5.92 Å². The number of rotatable bonds is 8. The third-order valence-electron chi connectivity index (χ3n) is 6.34. The molecule has 0 radical (unpaired) electrons. The van der Waals surface area contributed by atoms with Crippen molar-refractivity contribution in [2.45, 2.75) is 19.1 Å². The number of aromatic nitrogens is 2. The average molecular weight is 587 g/mol. The van der Waals surface area contributed by atoms with E-state index in [1.165, 1.54) is 16.0 Å². The maximum absolute atomic E-state index is 11.9. The molecule has 216 valence electrons. The molecule has 41 heavy (non-hydrogen) atoms. The quantitative estimate of drug-likeness (QED) is 0.209. The number of ether oxygens (including phenoxy) is 1. The van der Waals surface area contributed by atoms with E-state index in [4.69, 9.17) is 19.6 Å². The molecule has 12 heteroatoms. The van der Waals surface area contributed by atoms with E-state index in [0.29, 0.717) is 5.92 Å². The fourth-order valence-corrected chi connectivity index (χ4v) is 5.24. The van der Waals surface area contributed by atoms with Crippen molar-refractivity contribution in [3.63, 3.8) is 0 Å². The van der Waals surface area contributed by atoms with E-state index in [-0.39, 0.29) is 12.7 Å². The third kappa shape index (κ3) is 8.18. The van der Waals surface area contributed by atoms with Crippen LogP contribution < -0.4 is 5.32 Å². The molecule has 3 heterocycles. The maximum Gasteiger partial charge on any atom is 0.490 e. The van der Waals surface area contributed by atoms with Crippen LogP contribution in [0.1, 0.15) is 12.0 Å². The SMILES string of the molecule is C=CCOC(=O)N1CCC(CNCc2ccc(-c3ccc(-c4nc5ccccc5[nH]4)s3)cc2)C1.O=C(O)C(F)(F)F. The van der Waals surface area contributed by atoms with Gasteiger partial charge in [0.2, 0.25) is 0 Å². The molecule has 1 fully saturated rings. The lowest BCUT2D eigenvalue weighted by atomic mass is 10.1. The minimum atomic E-state index is -5.08. The van der Waals surface area contributed by atoms with Gasteiger partial charge in [0.1, 0.15) is 12.4 Å². The molecule has 1 unspecified atom stereocenters. The minimum Gasteiger partial charge on any atom is -0.475 e. The Hall–Kier alpha value is -4.16. The van der Waals surface area contributed by atoms with Gasteiger partial charge in [-0.2, -0.15) is 13.2 Å². The molecule has 1 amide bonds. The van der Waals surface area contributed by atoms with E-state index in [0.717, 1.165) is 54.3 Å². The van der Waals surface area contributed by atoms with Crippen molar-refractivity contribution in [1.29, 1.82) is 0 Å². The molecular formula is C29H29F3N4O4S. The molecule has 1 aliphatic heterocycles. The molecule has 0 saturated carbocycles. The predicted octanol–water partition coefficient (Wildman–Crippen LogP) is 6.33. The first kappa shape index (κ1) is 29.8. The highest BCUT2D eigenvalue weighted by atomic mass is 32.1. The molecule has 1 aliphatic rings. The Kier molecular flexibility index (Phi) is 9.79. The largest absolute Gasteiger partial charge is 0.490 e. The van der Waals surface area contributed by atoms with E-state index >= 15 is 0 Å². The van der Waals surface area contributed by atoms with Gasteiger partial charge in [0.15, 0.2) is 0 Å². The number of halogens is 3. The number of hydrogen-bond donors (Lipinski definition) is 3. The van der Waals surface area contributed by atoms with E-state index in [1.807, 2.05) is 24.3 Å². The van der Waals surface area contributed by atoms with Crippen LogP contribution in [0.15, 0.2) is 73.3 Å². The number of aromatic amines is 1. The topological polar surface area (TPSA) is 108 Å². The molecule has 0 aliphatic carbocycles. The summed E-state index contributed by atoms with van der Waals surface area (Å²) in [5, 5.41) is 10.7. The molecule has 0 bridgehead atoms. The van der Waals surface area contributed by atoms with Crippen LogP contribution >= 0.6 is 11.3 Å². The van der Waals surface area contributed by atoms with Crippen molar-refractivity contribution in [3.05, 3.63) is 78.9 Å². The lowest BCUT2D eigenvalue weighted by Gasteiger charge is -2.16. The van der Waals surface area contributed by atoms with Gasteiger partial charge >= 0.3 is 18.2 Å². The number of nitrogens with one attached hydrogen (secondary N) is 2. The van der Waals surface area contributed by atoms with Crippen LogP contribution in [0, 0.1) is 5.92 Å². The number of carboxylic acid groups (broad SMARTS) is 1. The minimum absolute atomic E-state index is 0.241. The number of aliphatic carboxylic acids is 1. The summed E-state index contributed by atoms with van der Waals surface area (Å²) in [4.78, 5) is 33.1. The van der Waals surface area contributed by atoms with Gasteiger partial charge in [-0.15, -0.1) is 11.3 Å². The van der Waals surface area contributed by atoms with Crippen LogP contribution in [-0.2, 0) is 16.1 Å². The van der Waals surface area contributed by atoms with Crippen molar-refractivity contribution < 1.29 is 32.6 Å². The van der Waals surface area contributed by atoms with Gasteiger partial charge in [0.25, 0.3) is 0 Å². The molecule has 4 aromatic rings. The number of carbonyl (C=O) groups is 2. The molecule has 0 spiro atoms. The first-order chi connectivity index (χ1) is 19.6. The van der Waals surface area contributed by atoms with Crippen molar-refractivity contribution in [1.82, 2.24) is 20.2 Å². The number of amides is 1. The smallest absolute Gasteiger partial charge is 0.475 e. The van der Waals surface area contributed by atoms with Crippen molar-refractivity contribution in [3.8, 4) is 21.1 Å². The summed E-state index contributed by atoms with van der Waals surface area (Å²) >= 11 is 1.74. The first-order valence-corrected chi connectivity index (χ1v) is 13.6. The molecule has 8 nitrogen and oxygen atoms in total. The second-order valence-electron chi connectivity index (χ2n) is 9.36. The Morgan fingerprint density at radius 1 is 1.15 bits per heavy atom. The van der Waals surface area contributed by atoms with Crippen LogP contribution in [0.4, 0.5) is 18.0 Å². The van der Waals surface area contributed by atoms with E-state index in [9.17, 15) is 18.0 Å². The number of hydrogen-bond acceptors (Lipinski definition) is 6. The number of carbonyl (C=O) groups excluding carboxylic acids is 1. The summed E-state index contributed by atoms with van der Waals surface area (Å²) in [7, 11) is 0. The first-order valence-electron chi connectivity index (χ1n) is 12.8. The molecule has 5 rings (SSSR count). The summed E-state index contributed by atoms with van der Waals surface area (Å²) in [6, 6.07) is 21.1. The zero-order valence-corrected chi connectivity index (χ0v) is 22.8. The molecular weight excluding hydrogens is 557 g/mol. The van der Waals surface area contributed by atoms with Crippen LogP contribution in [0.5, 0.6) is 0 Å². The zero-order chi connectivity index (χ0) is 29.4. The Bertz CT molecular complexity index is 1450. The summed E-state index contributed by atoms with van der Waals surface area (Å²) < 4.78 is 36.9. The summed E-state index contributed by atoms with van der Waals surface area (Å²) in [5.41, 5.74) is 4.50. The number of thiophene rings is 1. The van der Waals surface area contributed by atoms with E-state index < -0.39 is 12.1 Å². The zero-order valence-electron chi connectivity index (χ0n) is 22.0. The number of fused-ring (bicyclic) bond motifs is 1. The van der Waals surface area contributed by atoms with Crippen LogP contribution in [-0.4, -0.2) is 64.5 Å². The predicted molar refractivity (Wildman–Crippen MR) is 151 cm³/mol. The van der Waals surface area contributed by atoms with Crippen molar-refractivity contribution in [2.75, 3.05) is 26.2 Å². The highest BCUT2D eigenvalue weighted by Crippen LogP contribution is 2.34. The van der Waals surface area contributed by atoms with Crippen LogP contribution in [0.3, 0.4) is 0 Å². The van der Waals surface area contributed by atoms with Gasteiger partial charge in [-0.05, 0) is 47.7 Å². The van der Waals surface area contributed by atoms with Gasteiger partial charge < -0.3 is 25.0 Å². The Labute approximate surface area is 238 Å². The number of para-hydroxylation sites is 2. The lowest BCUT2D eigenvalue weighted by molar-refractivity contribution is -0.192. The van der Waals surface area contributed by atoms with Crippen LogP contribution in [0.25, 0.3) is 32.2 Å². The van der Waals surface area contributed by atoms with Crippen molar-refractivity contribution >= 4 is 34.4 Å². The summed E-state index contributed by atoms with van der Waals surface area (Å²) in [6.45, 7) is 7.04. The highest BCUT2D eigenvalue weighted by molar-refractivity contribution is 7.18. The Morgan fingerprint density at radius 3 is 2.54 bits per heavy atom. The fraction of sp³-hybridized carbons (Fsp3) is 0.276. The summed E-state index contributed by atoms with van der Waals surface area (Å²) in [5.74, 6) is -1.39. The Morgan fingerprint density at radius 2 is 1.85 bits per heavy atom. The average Bonchev–Trinajstić information content (AvgIpc) is 3.71. The molecule has 2 aromatic carbocycles. The fourth-order valence-electron chi connectivity index (χ4n) is 4.28. The second-order valence-corrected chi connectivity index (χ2v) is 10.4. The maximum atomic E-state index is 11.9. The lowest BCUT2D eigenvalue weighted by Crippen LogP contribution is -2.31. The van der Waals surface area contributed by atoms with E-state index in [1.54, 1.807) is 22.3 Å². The number of benzene rings is 2. The molecule has 1 atom stereocenters. The number of alkyl halides is 3. The number of nitrogens with zero attached hydrogens (tertiary/aromatic N) is 2. The molecule has 2 aromatic heterocycles. The second kappa shape index (κ2) is 13.5. The third-order valence-corrected chi connectivity index (χ3v) is 7.48. The van der Waals surface area contributed by atoms with Gasteiger partial charge in [0, 0.05) is 31.1 Å². The number of imidazole rings is 1. The van der Waals surface area contributed by atoms with Gasteiger partial charge in [-0.3, -0.25) is 0 Å².